The van der Waals surface area contributed by atoms with Gasteiger partial charge in [-0.3, -0.25) is 14.7 Å². The topological polar surface area (TPSA) is 73.8 Å². The average Bonchev–Trinajstić information content (AvgIpc) is 3.27. The van der Waals surface area contributed by atoms with E-state index in [4.69, 9.17) is 19.2 Å². The van der Waals surface area contributed by atoms with Crippen LogP contribution in [0.2, 0.25) is 0 Å². The van der Waals surface area contributed by atoms with E-state index in [1.807, 2.05) is 62.4 Å². The molecule has 1 aliphatic heterocycles. The Morgan fingerprint density at radius 3 is 2.67 bits per heavy atom. The fourth-order valence-electron chi connectivity index (χ4n) is 3.76. The Balaban J connectivity index is 1.53. The molecular weight excluding hydrogens is 438 g/mol. The molecule has 5 rings (SSSR count). The molecule has 4 aromatic rings. The van der Waals surface area contributed by atoms with Gasteiger partial charge in [-0.2, -0.15) is 0 Å². The number of hydrogen-bond donors (Lipinski definition) is 0. The summed E-state index contributed by atoms with van der Waals surface area (Å²) in [5.41, 5.74) is 1.63. The van der Waals surface area contributed by atoms with Crippen LogP contribution in [0.25, 0.3) is 10.2 Å². The first-order chi connectivity index (χ1) is 16.1. The average molecular weight is 462 g/mol. The Morgan fingerprint density at radius 1 is 1.09 bits per heavy atom. The highest BCUT2D eigenvalue weighted by Crippen LogP contribution is 2.37. The van der Waals surface area contributed by atoms with E-state index in [2.05, 4.69) is 4.98 Å². The van der Waals surface area contributed by atoms with E-state index in [0.29, 0.717) is 35.5 Å². The third-order valence-electron chi connectivity index (χ3n) is 5.32. The lowest BCUT2D eigenvalue weighted by atomic mass is 10.1. The predicted molar refractivity (Wildman–Crippen MR) is 127 cm³/mol. The Kier molecular flexibility index (Phi) is 5.83. The van der Waals surface area contributed by atoms with E-state index in [0.717, 1.165) is 15.8 Å². The highest BCUT2D eigenvalue weighted by atomic mass is 32.1. The number of benzene rings is 2. The van der Waals surface area contributed by atoms with Gasteiger partial charge in [0.05, 0.1) is 17.9 Å². The monoisotopic (exact) mass is 461 g/mol. The lowest BCUT2D eigenvalue weighted by Crippen LogP contribution is -2.50. The van der Waals surface area contributed by atoms with E-state index in [-0.39, 0.29) is 5.91 Å². The number of ether oxygens (including phenoxy) is 3. The molecule has 1 amide bonds. The molecule has 1 aliphatic rings. The molecule has 0 saturated heterocycles. The summed E-state index contributed by atoms with van der Waals surface area (Å²) in [6.45, 7) is 4.62. The second-order valence-electron chi connectivity index (χ2n) is 7.63. The van der Waals surface area contributed by atoms with E-state index >= 15 is 0 Å². The third kappa shape index (κ3) is 4.21. The van der Waals surface area contributed by atoms with Crippen LogP contribution in [0.15, 0.2) is 67.0 Å². The predicted octanol–water partition coefficient (Wildman–Crippen LogP) is 4.85. The summed E-state index contributed by atoms with van der Waals surface area (Å²) in [6, 6.07) is 17.0. The van der Waals surface area contributed by atoms with Crippen LogP contribution in [0.5, 0.6) is 17.2 Å². The second-order valence-corrected chi connectivity index (χ2v) is 8.64. The maximum atomic E-state index is 13.8. The summed E-state index contributed by atoms with van der Waals surface area (Å²) in [5.74, 6) is 1.66. The zero-order chi connectivity index (χ0) is 22.8. The smallest absolute Gasteiger partial charge is 0.274 e. The quantitative estimate of drug-likeness (QED) is 0.409. The number of anilines is 1. The van der Waals surface area contributed by atoms with Gasteiger partial charge in [-0.25, -0.2) is 4.98 Å². The fourth-order valence-corrected chi connectivity index (χ4v) is 4.75. The zero-order valence-corrected chi connectivity index (χ0v) is 19.1. The normalized spacial score (nSPS) is 17.0. The molecule has 2 unspecified atom stereocenters. The molecule has 0 aliphatic carbocycles. The van der Waals surface area contributed by atoms with E-state index < -0.39 is 12.2 Å². The Labute approximate surface area is 195 Å². The minimum atomic E-state index is -0.810. The molecule has 2 aromatic carbocycles. The molecule has 168 valence electrons. The number of pyridine rings is 1. The molecule has 7 nitrogen and oxygen atoms in total. The van der Waals surface area contributed by atoms with Gasteiger partial charge in [-0.15, -0.1) is 0 Å². The minimum Gasteiger partial charge on any atom is -0.492 e. The number of hydrogen-bond acceptors (Lipinski definition) is 7. The van der Waals surface area contributed by atoms with Crippen molar-refractivity contribution < 1.29 is 19.0 Å². The maximum Gasteiger partial charge on any atom is 0.274 e. The van der Waals surface area contributed by atoms with Gasteiger partial charge in [0.2, 0.25) is 6.10 Å². The number of carbonyl (C=O) groups is 1. The second kappa shape index (κ2) is 9.07. The standard InChI is InChI=1S/C25H23N3O4S/c1-3-30-20-11-6-12-21-22(20)27-25(33-21)28(15-17-8-7-13-26-14-17)24(29)23-16(2)31-18-9-4-5-10-19(18)32-23/h4-14,16,23H,3,15H2,1-2H3. The summed E-state index contributed by atoms with van der Waals surface area (Å²) in [7, 11) is 0. The molecule has 0 radical (unpaired) electrons. The zero-order valence-electron chi connectivity index (χ0n) is 18.3. The first kappa shape index (κ1) is 21.2. The number of thiazole rings is 1. The maximum absolute atomic E-state index is 13.8. The van der Waals surface area contributed by atoms with Crippen molar-refractivity contribution in [1.29, 1.82) is 0 Å². The summed E-state index contributed by atoms with van der Waals surface area (Å²) < 4.78 is 18.8. The van der Waals surface area contributed by atoms with Gasteiger partial charge >= 0.3 is 0 Å². The first-order valence-corrected chi connectivity index (χ1v) is 11.6. The number of aromatic nitrogens is 2. The van der Waals surface area contributed by atoms with E-state index in [9.17, 15) is 4.79 Å². The number of para-hydroxylation sites is 3. The lowest BCUT2D eigenvalue weighted by molar-refractivity contribution is -0.130. The molecule has 8 heteroatoms. The fraction of sp³-hybridized carbons (Fsp3) is 0.240. The van der Waals surface area contributed by atoms with Crippen molar-refractivity contribution in [3.8, 4) is 17.2 Å². The molecule has 33 heavy (non-hydrogen) atoms. The molecule has 2 atom stereocenters. The molecule has 3 heterocycles. The summed E-state index contributed by atoms with van der Waals surface area (Å²) in [4.78, 5) is 24.5. The number of fused-ring (bicyclic) bond motifs is 2. The number of carbonyl (C=O) groups excluding carboxylic acids is 1. The van der Waals surface area contributed by atoms with Crippen molar-refractivity contribution in [3.63, 3.8) is 0 Å². The lowest BCUT2D eigenvalue weighted by Gasteiger charge is -2.33. The van der Waals surface area contributed by atoms with Crippen molar-refractivity contribution in [2.24, 2.45) is 0 Å². The highest BCUT2D eigenvalue weighted by molar-refractivity contribution is 7.22. The van der Waals surface area contributed by atoms with Crippen LogP contribution in [-0.4, -0.2) is 34.7 Å². The van der Waals surface area contributed by atoms with Gasteiger partial charge in [0.15, 0.2) is 16.6 Å². The molecule has 0 spiro atoms. The highest BCUT2D eigenvalue weighted by Gasteiger charge is 2.38. The van der Waals surface area contributed by atoms with Crippen molar-refractivity contribution in [2.75, 3.05) is 11.5 Å². The van der Waals surface area contributed by atoms with Crippen LogP contribution in [0.3, 0.4) is 0 Å². The molecule has 2 aromatic heterocycles. The van der Waals surface area contributed by atoms with Gasteiger partial charge in [0.1, 0.15) is 17.4 Å². The van der Waals surface area contributed by atoms with Gasteiger partial charge in [-0.1, -0.05) is 35.6 Å². The van der Waals surface area contributed by atoms with Gasteiger partial charge in [0, 0.05) is 12.4 Å². The summed E-state index contributed by atoms with van der Waals surface area (Å²) in [6.07, 6.45) is 2.18. The molecule has 0 N–H and O–H groups in total. The van der Waals surface area contributed by atoms with Crippen molar-refractivity contribution in [3.05, 3.63) is 72.6 Å². The van der Waals surface area contributed by atoms with Gasteiger partial charge in [-0.05, 0) is 49.7 Å². The first-order valence-electron chi connectivity index (χ1n) is 10.8. The SMILES string of the molecule is CCOc1cccc2sc(N(Cc3cccnc3)C(=O)C3Oc4ccccc4OC3C)nc12. The Bertz CT molecular complexity index is 1280. The number of rotatable bonds is 6. The third-order valence-corrected chi connectivity index (χ3v) is 6.36. The van der Waals surface area contributed by atoms with Gasteiger partial charge in [0.25, 0.3) is 5.91 Å². The molecular formula is C25H23N3O4S. The Morgan fingerprint density at radius 2 is 1.91 bits per heavy atom. The number of amides is 1. The largest absolute Gasteiger partial charge is 0.492 e. The van der Waals surface area contributed by atoms with E-state index in [1.165, 1.54) is 11.3 Å². The minimum absolute atomic E-state index is 0.224. The van der Waals surface area contributed by atoms with Crippen LogP contribution in [0.1, 0.15) is 19.4 Å². The van der Waals surface area contributed by atoms with Crippen molar-refractivity contribution in [2.45, 2.75) is 32.6 Å². The van der Waals surface area contributed by atoms with Crippen LogP contribution in [-0.2, 0) is 11.3 Å². The van der Waals surface area contributed by atoms with Crippen LogP contribution >= 0.6 is 11.3 Å². The molecule has 0 saturated carbocycles. The molecule has 0 bridgehead atoms. The summed E-state index contributed by atoms with van der Waals surface area (Å²) >= 11 is 1.44. The Hall–Kier alpha value is -3.65. The van der Waals surface area contributed by atoms with Crippen molar-refractivity contribution in [1.82, 2.24) is 9.97 Å². The summed E-state index contributed by atoms with van der Waals surface area (Å²) in [5, 5.41) is 0.570. The van der Waals surface area contributed by atoms with Crippen molar-refractivity contribution >= 4 is 32.6 Å². The number of nitrogens with zero attached hydrogens (tertiary/aromatic N) is 3. The van der Waals surface area contributed by atoms with Crippen LogP contribution in [0, 0.1) is 0 Å². The molecule has 0 fully saturated rings. The van der Waals surface area contributed by atoms with E-state index in [1.54, 1.807) is 23.4 Å². The van der Waals surface area contributed by atoms with Crippen LogP contribution in [0.4, 0.5) is 5.13 Å². The van der Waals surface area contributed by atoms with Crippen LogP contribution < -0.4 is 19.1 Å². The van der Waals surface area contributed by atoms with Gasteiger partial charge < -0.3 is 14.2 Å².